The number of piperidine rings is 3. The summed E-state index contributed by atoms with van der Waals surface area (Å²) in [5.74, 6) is -0.267. The summed E-state index contributed by atoms with van der Waals surface area (Å²) in [5.41, 5.74) is 4.53. The standard InChI is InChI=1S/C36H41N9O4/c1-42-32-25(20-38-42)19-37-35(41-32)39-27-10-14-44(15-11-27)28-5-2-23(3-6-28)21-43-16-12-36(49,13-17-43)26-4-7-29-24(18-26)22-45(34(29)48)30-8-9-31(46)40-33(30)47/h2-7,18-20,27,30,49H,8-17,21-22H2,1H3,(H,37,39,41)(H,40,46,47). The van der Waals surface area contributed by atoms with Gasteiger partial charge in [0.15, 0.2) is 5.65 Å². The van der Waals surface area contributed by atoms with E-state index in [0.717, 1.165) is 67.7 Å². The number of aromatic nitrogens is 4. The van der Waals surface area contributed by atoms with Crippen molar-refractivity contribution >= 4 is 40.4 Å². The van der Waals surface area contributed by atoms with Crippen LogP contribution in [0.15, 0.2) is 54.9 Å². The minimum absolute atomic E-state index is 0.199. The Morgan fingerprint density at radius 2 is 1.76 bits per heavy atom. The van der Waals surface area contributed by atoms with Crippen molar-refractivity contribution in [3.8, 4) is 0 Å². The molecule has 0 radical (unpaired) electrons. The van der Waals surface area contributed by atoms with Crippen LogP contribution >= 0.6 is 0 Å². The van der Waals surface area contributed by atoms with Gasteiger partial charge in [0.25, 0.3) is 5.91 Å². The maximum atomic E-state index is 13.1. The van der Waals surface area contributed by atoms with Gasteiger partial charge in [0.1, 0.15) is 6.04 Å². The van der Waals surface area contributed by atoms with Crippen molar-refractivity contribution in [1.29, 1.82) is 0 Å². The van der Waals surface area contributed by atoms with Crippen LogP contribution in [0.3, 0.4) is 0 Å². The number of hydrogen-bond acceptors (Lipinski definition) is 10. The van der Waals surface area contributed by atoms with Gasteiger partial charge in [-0.3, -0.25) is 29.3 Å². The van der Waals surface area contributed by atoms with Gasteiger partial charge in [-0.25, -0.2) is 4.98 Å². The first-order chi connectivity index (χ1) is 23.7. The topological polar surface area (TPSA) is 149 Å². The number of carbonyl (C=O) groups is 3. The number of anilines is 2. The van der Waals surface area contributed by atoms with Gasteiger partial charge in [-0.1, -0.05) is 24.3 Å². The Bertz CT molecular complexity index is 1910. The van der Waals surface area contributed by atoms with E-state index in [2.05, 4.69) is 59.8 Å². The third kappa shape index (κ3) is 6.12. The first-order valence-electron chi connectivity index (χ1n) is 17.2. The Labute approximate surface area is 284 Å². The molecule has 4 aromatic rings. The minimum atomic E-state index is -0.973. The number of aliphatic hydroxyl groups is 1. The fourth-order valence-electron chi connectivity index (χ4n) is 7.77. The minimum Gasteiger partial charge on any atom is -0.385 e. The Balaban J connectivity index is 0.824. The normalized spacial score (nSPS) is 21.7. The predicted octanol–water partition coefficient (Wildman–Crippen LogP) is 2.69. The molecule has 13 nitrogen and oxygen atoms in total. The summed E-state index contributed by atoms with van der Waals surface area (Å²) >= 11 is 0. The summed E-state index contributed by atoms with van der Waals surface area (Å²) < 4.78 is 1.77. The zero-order chi connectivity index (χ0) is 33.7. The van der Waals surface area contributed by atoms with Crippen LogP contribution in [0.1, 0.15) is 65.6 Å². The van der Waals surface area contributed by atoms with E-state index in [1.54, 1.807) is 21.8 Å². The molecule has 0 spiro atoms. The molecule has 3 fully saturated rings. The van der Waals surface area contributed by atoms with Gasteiger partial charge < -0.3 is 20.2 Å². The van der Waals surface area contributed by atoms with Gasteiger partial charge in [0.2, 0.25) is 17.8 Å². The lowest BCUT2D eigenvalue weighted by atomic mass is 9.83. The molecular weight excluding hydrogens is 622 g/mol. The first kappa shape index (κ1) is 31.4. The second kappa shape index (κ2) is 12.5. The van der Waals surface area contributed by atoms with Crippen LogP contribution in [0.5, 0.6) is 0 Å². The molecule has 8 rings (SSSR count). The quantitative estimate of drug-likeness (QED) is 0.252. The van der Waals surface area contributed by atoms with Gasteiger partial charge >= 0.3 is 0 Å². The molecule has 6 heterocycles. The molecule has 4 aliphatic rings. The second-order valence-corrected chi connectivity index (χ2v) is 13.9. The molecule has 3 saturated heterocycles. The second-order valence-electron chi connectivity index (χ2n) is 13.9. The summed E-state index contributed by atoms with van der Waals surface area (Å²) in [4.78, 5) is 52.6. The van der Waals surface area contributed by atoms with Gasteiger partial charge in [-0.2, -0.15) is 10.1 Å². The molecule has 0 saturated carbocycles. The smallest absolute Gasteiger partial charge is 0.255 e. The zero-order valence-electron chi connectivity index (χ0n) is 27.6. The monoisotopic (exact) mass is 663 g/mol. The average Bonchev–Trinajstić information content (AvgIpc) is 3.64. The average molecular weight is 664 g/mol. The Morgan fingerprint density at radius 1 is 0.980 bits per heavy atom. The van der Waals surface area contributed by atoms with Crippen LogP contribution in [0.4, 0.5) is 11.6 Å². The molecule has 1 unspecified atom stereocenters. The highest BCUT2D eigenvalue weighted by Crippen LogP contribution is 2.37. The molecule has 0 aliphatic carbocycles. The van der Waals surface area contributed by atoms with E-state index in [-0.39, 0.29) is 18.2 Å². The number of hydrogen-bond donors (Lipinski definition) is 3. The van der Waals surface area contributed by atoms with Crippen LogP contribution in [0.25, 0.3) is 11.0 Å². The molecule has 4 aliphatic heterocycles. The van der Waals surface area contributed by atoms with Crippen LogP contribution in [-0.4, -0.2) is 90.6 Å². The Kier molecular flexibility index (Phi) is 8.03. The summed E-state index contributed by atoms with van der Waals surface area (Å²) in [6.07, 6.45) is 7.35. The van der Waals surface area contributed by atoms with Crippen LogP contribution in [-0.2, 0) is 35.3 Å². The highest BCUT2D eigenvalue weighted by Gasteiger charge is 2.41. The molecular formula is C36H41N9O4. The third-order valence-corrected chi connectivity index (χ3v) is 10.8. The number of nitrogens with one attached hydrogen (secondary N) is 2. The van der Waals surface area contributed by atoms with E-state index < -0.39 is 17.6 Å². The van der Waals surface area contributed by atoms with Gasteiger partial charge in [-0.15, -0.1) is 0 Å². The van der Waals surface area contributed by atoms with Crippen molar-refractivity contribution in [3.05, 3.63) is 77.1 Å². The summed E-state index contributed by atoms with van der Waals surface area (Å²) in [7, 11) is 1.89. The largest absolute Gasteiger partial charge is 0.385 e. The van der Waals surface area contributed by atoms with Crippen molar-refractivity contribution in [2.24, 2.45) is 7.05 Å². The number of amides is 3. The number of rotatable bonds is 7. The first-order valence-corrected chi connectivity index (χ1v) is 17.2. The fraction of sp³-hybridized carbons (Fsp3) is 0.444. The van der Waals surface area contributed by atoms with Crippen LogP contribution < -0.4 is 15.5 Å². The van der Waals surface area contributed by atoms with E-state index in [9.17, 15) is 19.5 Å². The molecule has 254 valence electrons. The molecule has 0 bridgehead atoms. The number of likely N-dealkylation sites (tertiary alicyclic amines) is 1. The number of benzene rings is 2. The molecule has 2 aromatic carbocycles. The fourth-order valence-corrected chi connectivity index (χ4v) is 7.77. The highest BCUT2D eigenvalue weighted by molar-refractivity contribution is 6.05. The zero-order valence-corrected chi connectivity index (χ0v) is 27.6. The van der Waals surface area contributed by atoms with Crippen molar-refractivity contribution < 1.29 is 19.5 Å². The molecule has 1 atom stereocenters. The van der Waals surface area contributed by atoms with Crippen LogP contribution in [0.2, 0.25) is 0 Å². The maximum Gasteiger partial charge on any atom is 0.255 e. The number of carbonyl (C=O) groups excluding carboxylic acids is 3. The lowest BCUT2D eigenvalue weighted by molar-refractivity contribution is -0.136. The summed E-state index contributed by atoms with van der Waals surface area (Å²) in [6.45, 7) is 4.56. The SMILES string of the molecule is Cn1ncc2cnc(NC3CCN(c4ccc(CN5CCC(O)(c6ccc7c(c6)CN(C6CCC(=O)NC6=O)C7=O)CC5)cc4)CC3)nc21. The summed E-state index contributed by atoms with van der Waals surface area (Å²) in [6, 6.07) is 14.1. The highest BCUT2D eigenvalue weighted by atomic mass is 16.3. The molecule has 13 heteroatoms. The number of aryl methyl sites for hydroxylation is 1. The third-order valence-electron chi connectivity index (χ3n) is 10.8. The van der Waals surface area contributed by atoms with Gasteiger partial charge in [0, 0.05) is 76.2 Å². The van der Waals surface area contributed by atoms with E-state index in [1.165, 1.54) is 11.3 Å². The van der Waals surface area contributed by atoms with E-state index in [4.69, 9.17) is 0 Å². The molecule has 49 heavy (non-hydrogen) atoms. The Hall–Kier alpha value is -4.88. The number of imide groups is 1. The van der Waals surface area contributed by atoms with Crippen LogP contribution in [0, 0.1) is 0 Å². The van der Waals surface area contributed by atoms with Crippen molar-refractivity contribution in [3.63, 3.8) is 0 Å². The van der Waals surface area contributed by atoms with Crippen molar-refractivity contribution in [2.75, 3.05) is 36.4 Å². The van der Waals surface area contributed by atoms with Gasteiger partial charge in [0.05, 0.1) is 17.2 Å². The number of nitrogens with zero attached hydrogens (tertiary/aromatic N) is 7. The van der Waals surface area contributed by atoms with E-state index in [1.807, 2.05) is 25.4 Å². The van der Waals surface area contributed by atoms with E-state index >= 15 is 0 Å². The van der Waals surface area contributed by atoms with Crippen molar-refractivity contribution in [2.45, 2.75) is 69.3 Å². The van der Waals surface area contributed by atoms with E-state index in [0.29, 0.717) is 43.4 Å². The molecule has 2 aromatic heterocycles. The number of fused-ring (bicyclic) bond motifs is 2. The Morgan fingerprint density at radius 3 is 2.51 bits per heavy atom. The predicted molar refractivity (Wildman–Crippen MR) is 182 cm³/mol. The lowest BCUT2D eigenvalue weighted by Gasteiger charge is -2.39. The molecule has 3 N–H and O–H groups in total. The van der Waals surface area contributed by atoms with Gasteiger partial charge in [-0.05, 0) is 67.0 Å². The summed E-state index contributed by atoms with van der Waals surface area (Å²) in [5, 5.41) is 22.7. The van der Waals surface area contributed by atoms with Crippen molar-refractivity contribution in [1.82, 2.24) is 34.9 Å². The lowest BCUT2D eigenvalue weighted by Crippen LogP contribution is -2.52. The molecule has 3 amide bonds. The maximum absolute atomic E-state index is 13.1.